The molecule has 4 aromatic rings. The van der Waals surface area contributed by atoms with E-state index in [0.29, 0.717) is 23.1 Å². The largest absolute Gasteiger partial charge is 0.439 e. The van der Waals surface area contributed by atoms with Crippen molar-refractivity contribution in [3.05, 3.63) is 84.2 Å². The van der Waals surface area contributed by atoms with Crippen LogP contribution in [0.4, 0.5) is 29.3 Å². The first-order valence-corrected chi connectivity index (χ1v) is 10.1. The van der Waals surface area contributed by atoms with Gasteiger partial charge >= 0.3 is 12.2 Å². The number of carbonyl (C=O) groups excluding carboxylic acids is 1. The van der Waals surface area contributed by atoms with E-state index in [1.807, 2.05) is 18.4 Å². The van der Waals surface area contributed by atoms with Crippen LogP contribution in [0.1, 0.15) is 17.0 Å². The lowest BCUT2D eigenvalue weighted by Gasteiger charge is -2.11. The molecule has 0 saturated heterocycles. The molecule has 0 fully saturated rings. The first-order chi connectivity index (χ1) is 16.2. The van der Waals surface area contributed by atoms with Crippen LogP contribution in [0.25, 0.3) is 5.82 Å². The third-order valence-electron chi connectivity index (χ3n) is 4.91. The van der Waals surface area contributed by atoms with Crippen LogP contribution in [0.2, 0.25) is 0 Å². The number of ether oxygens (including phenoxy) is 1. The zero-order chi connectivity index (χ0) is 24.3. The van der Waals surface area contributed by atoms with Gasteiger partial charge < -0.3 is 15.4 Å². The molecule has 0 saturated carbocycles. The molecular weight excluding hydrogens is 449 g/mol. The summed E-state index contributed by atoms with van der Waals surface area (Å²) in [6, 6.07) is 11.8. The maximum absolute atomic E-state index is 12.8. The molecule has 0 radical (unpaired) electrons. The van der Waals surface area contributed by atoms with Crippen LogP contribution in [-0.4, -0.2) is 25.6 Å². The van der Waals surface area contributed by atoms with E-state index in [2.05, 4.69) is 25.6 Å². The second-order valence-corrected chi connectivity index (χ2v) is 7.28. The van der Waals surface area contributed by atoms with Crippen LogP contribution in [0.15, 0.2) is 67.3 Å². The van der Waals surface area contributed by atoms with Crippen molar-refractivity contribution in [3.8, 4) is 17.4 Å². The molecule has 0 unspecified atom stereocenters. The summed E-state index contributed by atoms with van der Waals surface area (Å²) in [6.07, 6.45) is -1.44. The zero-order valence-corrected chi connectivity index (χ0v) is 18.1. The molecule has 0 aliphatic carbocycles. The lowest BCUT2D eigenvalue weighted by molar-refractivity contribution is -0.137. The predicted molar refractivity (Wildman–Crippen MR) is 119 cm³/mol. The van der Waals surface area contributed by atoms with Gasteiger partial charge in [0.05, 0.1) is 11.3 Å². The number of carbonyl (C=O) groups is 1. The van der Waals surface area contributed by atoms with Gasteiger partial charge in [0, 0.05) is 23.1 Å². The van der Waals surface area contributed by atoms with Crippen LogP contribution in [0, 0.1) is 13.8 Å². The summed E-state index contributed by atoms with van der Waals surface area (Å²) in [4.78, 5) is 24.8. The van der Waals surface area contributed by atoms with E-state index in [0.717, 1.165) is 23.5 Å². The molecule has 34 heavy (non-hydrogen) atoms. The van der Waals surface area contributed by atoms with Crippen LogP contribution in [-0.2, 0) is 6.18 Å². The highest BCUT2D eigenvalue weighted by Crippen LogP contribution is 2.30. The summed E-state index contributed by atoms with van der Waals surface area (Å²) >= 11 is 0. The van der Waals surface area contributed by atoms with E-state index >= 15 is 0 Å². The molecule has 2 aromatic carbocycles. The molecule has 0 aliphatic heterocycles. The average molecular weight is 468 g/mol. The minimum atomic E-state index is -4.50. The van der Waals surface area contributed by atoms with Crippen molar-refractivity contribution < 1.29 is 22.7 Å². The van der Waals surface area contributed by atoms with Crippen molar-refractivity contribution in [2.45, 2.75) is 20.0 Å². The molecular formula is C23H19F3N6O2. The standard InChI is InChI=1S/C23H19F3N6O2/c1-14-15(2)32(13-29-14)20-11-21(28-12-27-20)34-19-8-6-17(7-9-19)30-22(33)31-18-5-3-4-16(10-18)23(24,25)26/h3-13H,1-2H3,(H2,30,31,33). The number of rotatable bonds is 5. The topological polar surface area (TPSA) is 94.0 Å². The Labute approximate surface area is 192 Å². The van der Waals surface area contributed by atoms with Crippen molar-refractivity contribution in [1.82, 2.24) is 19.5 Å². The van der Waals surface area contributed by atoms with Gasteiger partial charge in [0.2, 0.25) is 5.88 Å². The molecule has 174 valence electrons. The minimum absolute atomic E-state index is 0.0233. The normalized spacial score (nSPS) is 11.2. The lowest BCUT2D eigenvalue weighted by atomic mass is 10.2. The first kappa shape index (κ1) is 22.8. The minimum Gasteiger partial charge on any atom is -0.439 e. The molecule has 0 aliphatic rings. The number of benzene rings is 2. The van der Waals surface area contributed by atoms with Gasteiger partial charge in [0.25, 0.3) is 0 Å². The summed E-state index contributed by atoms with van der Waals surface area (Å²) in [5.41, 5.74) is 1.43. The van der Waals surface area contributed by atoms with E-state index in [1.165, 1.54) is 18.5 Å². The van der Waals surface area contributed by atoms with Gasteiger partial charge in [-0.1, -0.05) is 6.07 Å². The number of aromatic nitrogens is 4. The monoisotopic (exact) mass is 468 g/mol. The van der Waals surface area contributed by atoms with Gasteiger partial charge in [-0.3, -0.25) is 4.57 Å². The first-order valence-electron chi connectivity index (χ1n) is 10.1. The molecule has 4 rings (SSSR count). The number of hydrogen-bond acceptors (Lipinski definition) is 5. The summed E-state index contributed by atoms with van der Waals surface area (Å²) in [5, 5.41) is 4.94. The van der Waals surface area contributed by atoms with Crippen LogP contribution < -0.4 is 15.4 Å². The van der Waals surface area contributed by atoms with Crippen molar-refractivity contribution in [1.29, 1.82) is 0 Å². The number of imidazole rings is 1. The number of alkyl halides is 3. The third kappa shape index (κ3) is 5.31. The average Bonchev–Trinajstić information content (AvgIpc) is 3.13. The number of aryl methyl sites for hydroxylation is 1. The fourth-order valence-corrected chi connectivity index (χ4v) is 3.04. The highest BCUT2D eigenvalue weighted by Gasteiger charge is 2.30. The Morgan fingerprint density at radius 2 is 1.68 bits per heavy atom. The molecule has 2 aromatic heterocycles. The molecule has 8 nitrogen and oxygen atoms in total. The van der Waals surface area contributed by atoms with E-state index in [-0.39, 0.29) is 5.69 Å². The quantitative estimate of drug-likeness (QED) is 0.390. The van der Waals surface area contributed by atoms with Crippen LogP contribution >= 0.6 is 0 Å². The van der Waals surface area contributed by atoms with Gasteiger partial charge in [-0.05, 0) is 56.3 Å². The van der Waals surface area contributed by atoms with Gasteiger partial charge in [-0.25, -0.2) is 19.7 Å². The maximum atomic E-state index is 12.8. The van der Waals surface area contributed by atoms with E-state index < -0.39 is 17.8 Å². The van der Waals surface area contributed by atoms with Gasteiger partial charge in [0.15, 0.2) is 0 Å². The summed E-state index contributed by atoms with van der Waals surface area (Å²) < 4.78 is 46.1. The smallest absolute Gasteiger partial charge is 0.416 e. The predicted octanol–water partition coefficient (Wildman–Crippen LogP) is 5.73. The molecule has 2 amide bonds. The number of nitrogens with one attached hydrogen (secondary N) is 2. The fourth-order valence-electron chi connectivity index (χ4n) is 3.04. The number of amides is 2. The van der Waals surface area contributed by atoms with E-state index in [9.17, 15) is 18.0 Å². The van der Waals surface area contributed by atoms with Crippen molar-refractivity contribution in [2.24, 2.45) is 0 Å². The number of anilines is 2. The molecule has 0 atom stereocenters. The molecule has 0 spiro atoms. The van der Waals surface area contributed by atoms with Crippen molar-refractivity contribution >= 4 is 17.4 Å². The van der Waals surface area contributed by atoms with Crippen LogP contribution in [0.5, 0.6) is 11.6 Å². The Morgan fingerprint density at radius 3 is 2.35 bits per heavy atom. The molecule has 2 heterocycles. The second kappa shape index (κ2) is 9.22. The Hall–Kier alpha value is -4.41. The van der Waals surface area contributed by atoms with E-state index in [1.54, 1.807) is 36.7 Å². The highest BCUT2D eigenvalue weighted by molar-refractivity contribution is 5.99. The Kier molecular flexibility index (Phi) is 6.17. The number of halogens is 3. The third-order valence-corrected chi connectivity index (χ3v) is 4.91. The van der Waals surface area contributed by atoms with Gasteiger partial charge in [-0.2, -0.15) is 13.2 Å². The van der Waals surface area contributed by atoms with Gasteiger partial charge in [-0.15, -0.1) is 0 Å². The number of urea groups is 1. The Morgan fingerprint density at radius 1 is 0.941 bits per heavy atom. The maximum Gasteiger partial charge on any atom is 0.416 e. The lowest BCUT2D eigenvalue weighted by Crippen LogP contribution is -2.19. The molecule has 0 bridgehead atoms. The Bertz CT molecular complexity index is 1320. The van der Waals surface area contributed by atoms with Crippen LogP contribution in [0.3, 0.4) is 0 Å². The zero-order valence-electron chi connectivity index (χ0n) is 18.1. The van der Waals surface area contributed by atoms with Gasteiger partial charge in [0.1, 0.15) is 24.2 Å². The summed E-state index contributed by atoms with van der Waals surface area (Å²) in [7, 11) is 0. The fraction of sp³-hybridized carbons (Fsp3) is 0.130. The Balaban J connectivity index is 1.39. The number of hydrogen-bond donors (Lipinski definition) is 2. The highest BCUT2D eigenvalue weighted by atomic mass is 19.4. The SMILES string of the molecule is Cc1ncn(-c2cc(Oc3ccc(NC(=O)Nc4cccc(C(F)(F)F)c4)cc3)ncn2)c1C. The second-order valence-electron chi connectivity index (χ2n) is 7.28. The summed E-state index contributed by atoms with van der Waals surface area (Å²) in [6.45, 7) is 3.83. The molecule has 2 N–H and O–H groups in total. The van der Waals surface area contributed by atoms with E-state index in [4.69, 9.17) is 4.74 Å². The summed E-state index contributed by atoms with van der Waals surface area (Å²) in [5.74, 6) is 1.39. The number of nitrogens with zero attached hydrogens (tertiary/aromatic N) is 4. The van der Waals surface area contributed by atoms with Crippen molar-refractivity contribution in [2.75, 3.05) is 10.6 Å². The van der Waals surface area contributed by atoms with Crippen molar-refractivity contribution in [3.63, 3.8) is 0 Å². The molecule has 11 heteroatoms.